The molecule has 1 aliphatic carbocycles. The lowest BCUT2D eigenvalue weighted by Gasteiger charge is -2.40. The van der Waals surface area contributed by atoms with Crippen LogP contribution in [0.4, 0.5) is 9.18 Å². The minimum atomic E-state index is -0.397. The minimum absolute atomic E-state index is 0.102. The third-order valence-electron chi connectivity index (χ3n) is 6.34. The fourth-order valence-corrected chi connectivity index (χ4v) is 4.46. The molecule has 2 atom stereocenters. The van der Waals surface area contributed by atoms with Crippen LogP contribution in [0.3, 0.4) is 0 Å². The number of nitrogens with zero attached hydrogens (tertiary/aromatic N) is 2. The molecule has 1 amide bonds. The second-order valence-corrected chi connectivity index (χ2v) is 8.67. The van der Waals surface area contributed by atoms with Crippen LogP contribution in [0.5, 0.6) is 5.88 Å². The first-order valence-corrected chi connectivity index (χ1v) is 11.1. The van der Waals surface area contributed by atoms with E-state index < -0.39 is 5.82 Å². The quantitative estimate of drug-likeness (QED) is 0.595. The molecule has 1 aromatic heterocycles. The van der Waals surface area contributed by atoms with Crippen molar-refractivity contribution in [1.29, 1.82) is 0 Å². The molecule has 32 heavy (non-hydrogen) atoms. The molecule has 2 fully saturated rings. The molecule has 0 spiro atoms. The number of piperidine rings is 1. The summed E-state index contributed by atoms with van der Waals surface area (Å²) in [5.41, 5.74) is 1.00. The Morgan fingerprint density at radius 1 is 1.25 bits per heavy atom. The first-order chi connectivity index (χ1) is 15.6. The Kier molecular flexibility index (Phi) is 7.05. The summed E-state index contributed by atoms with van der Waals surface area (Å²) in [5.74, 6) is 0.301. The van der Waals surface area contributed by atoms with Gasteiger partial charge in [0.05, 0.1) is 12.8 Å². The van der Waals surface area contributed by atoms with Gasteiger partial charge in [0, 0.05) is 30.0 Å². The van der Waals surface area contributed by atoms with Crippen LogP contribution in [0.2, 0.25) is 0 Å². The van der Waals surface area contributed by atoms with Crippen LogP contribution in [0, 0.1) is 11.2 Å². The summed E-state index contributed by atoms with van der Waals surface area (Å²) in [6.45, 7) is 6.48. The smallest absolute Gasteiger partial charge is 0.410 e. The zero-order valence-electron chi connectivity index (χ0n) is 18.2. The highest BCUT2D eigenvalue weighted by atomic mass is 19.1. The second-order valence-electron chi connectivity index (χ2n) is 8.67. The van der Waals surface area contributed by atoms with Gasteiger partial charge in [0.1, 0.15) is 12.4 Å². The average Bonchev–Trinajstić information content (AvgIpc) is 3.63. The number of rotatable bonds is 9. The van der Waals surface area contributed by atoms with E-state index in [0.717, 1.165) is 38.5 Å². The van der Waals surface area contributed by atoms with Crippen LogP contribution in [-0.4, -0.2) is 54.9 Å². The maximum atomic E-state index is 13.2. The van der Waals surface area contributed by atoms with Gasteiger partial charge >= 0.3 is 6.09 Å². The van der Waals surface area contributed by atoms with Crippen molar-refractivity contribution in [2.75, 3.05) is 32.8 Å². The fraction of sp³-hybridized carbons (Fsp3) is 0.440. The van der Waals surface area contributed by atoms with E-state index in [1.54, 1.807) is 6.08 Å². The summed E-state index contributed by atoms with van der Waals surface area (Å²) in [6.07, 6.45) is 5.07. The average molecular weight is 440 g/mol. The molecule has 1 N–H and O–H groups in total. The molecule has 6 nitrogen and oxygen atoms in total. The number of benzene rings is 1. The zero-order valence-corrected chi connectivity index (χ0v) is 18.2. The summed E-state index contributed by atoms with van der Waals surface area (Å²) in [6, 6.07) is 13.3. The lowest BCUT2D eigenvalue weighted by atomic mass is 9.79. The van der Waals surface area contributed by atoms with Gasteiger partial charge in [0.15, 0.2) is 0 Å². The third-order valence-corrected chi connectivity index (χ3v) is 6.34. The molecule has 4 rings (SSSR count). The molecule has 2 heterocycles. The number of halogens is 1. The Labute approximate surface area is 188 Å². The van der Waals surface area contributed by atoms with E-state index >= 15 is 0 Å². The molecule has 7 heteroatoms. The molecule has 2 aliphatic rings. The number of hydrogen-bond donors (Lipinski definition) is 1. The van der Waals surface area contributed by atoms with Crippen LogP contribution in [-0.2, 0) is 4.74 Å². The van der Waals surface area contributed by atoms with Gasteiger partial charge in [-0.05, 0) is 44.0 Å². The molecule has 0 bridgehead atoms. The van der Waals surface area contributed by atoms with Gasteiger partial charge in [-0.15, -0.1) is 0 Å². The summed E-state index contributed by atoms with van der Waals surface area (Å²) in [7, 11) is 0. The number of pyridine rings is 1. The lowest BCUT2D eigenvalue weighted by molar-refractivity contribution is 0.0415. The number of hydrogen-bond acceptors (Lipinski definition) is 5. The van der Waals surface area contributed by atoms with Crippen molar-refractivity contribution in [3.05, 3.63) is 72.7 Å². The summed E-state index contributed by atoms with van der Waals surface area (Å²) < 4.78 is 24.6. The molecule has 1 saturated carbocycles. The number of nitrogens with one attached hydrogen (secondary N) is 1. The van der Waals surface area contributed by atoms with E-state index in [-0.39, 0.29) is 24.2 Å². The zero-order chi connectivity index (χ0) is 22.4. The fourth-order valence-electron chi connectivity index (χ4n) is 4.46. The van der Waals surface area contributed by atoms with E-state index in [1.165, 1.54) is 17.7 Å². The maximum Gasteiger partial charge on any atom is 0.410 e. The molecule has 1 aromatic carbocycles. The van der Waals surface area contributed by atoms with Crippen molar-refractivity contribution in [3.63, 3.8) is 0 Å². The van der Waals surface area contributed by atoms with E-state index in [4.69, 9.17) is 9.47 Å². The Bertz CT molecular complexity index is 900. The van der Waals surface area contributed by atoms with E-state index in [9.17, 15) is 9.18 Å². The second kappa shape index (κ2) is 10.1. The Hall–Kier alpha value is -2.93. The third kappa shape index (κ3) is 5.46. The maximum absolute atomic E-state index is 13.2. The van der Waals surface area contributed by atoms with Crippen LogP contribution in [0.1, 0.15) is 30.7 Å². The Balaban J connectivity index is 1.51. The van der Waals surface area contributed by atoms with Crippen molar-refractivity contribution in [2.45, 2.75) is 31.2 Å². The normalized spacial score (nSPS) is 21.4. The lowest BCUT2D eigenvalue weighted by Crippen LogP contribution is -2.50. The predicted molar refractivity (Wildman–Crippen MR) is 120 cm³/mol. The summed E-state index contributed by atoms with van der Waals surface area (Å²) in [5, 5.41) is 3.39. The van der Waals surface area contributed by atoms with Gasteiger partial charge in [-0.3, -0.25) is 0 Å². The molecular formula is C25H30FN3O3. The van der Waals surface area contributed by atoms with Crippen LogP contribution in [0.25, 0.3) is 0 Å². The standard InChI is InChI=1S/C25H30FN3O3/c1-2-14-31-24(30)29(22-15-21(22)19-6-4-3-5-7-19)17-25(10-12-27-13-11-25)18-32-23-9-8-20(26)16-28-23/h2-9,16,21-22,27H,1,10-15,17-18H2/t21?,22-/m1/s1. The number of ether oxygens (including phenoxy) is 2. The van der Waals surface area contributed by atoms with Crippen molar-refractivity contribution >= 4 is 6.09 Å². The SMILES string of the molecule is C=CCOC(=O)N(CC1(COc2ccc(F)cn2)CCNCC1)[C@@H]1CC1c1ccccc1. The van der Waals surface area contributed by atoms with E-state index in [1.807, 2.05) is 23.1 Å². The Morgan fingerprint density at radius 2 is 2.03 bits per heavy atom. The van der Waals surface area contributed by atoms with Gasteiger partial charge in [-0.25, -0.2) is 14.2 Å². The van der Waals surface area contributed by atoms with Gasteiger partial charge in [0.2, 0.25) is 5.88 Å². The molecular weight excluding hydrogens is 409 g/mol. The largest absolute Gasteiger partial charge is 0.477 e. The molecule has 1 aliphatic heterocycles. The first-order valence-electron chi connectivity index (χ1n) is 11.1. The number of amides is 1. The van der Waals surface area contributed by atoms with Crippen molar-refractivity contribution < 1.29 is 18.7 Å². The van der Waals surface area contributed by atoms with E-state index in [0.29, 0.717) is 24.9 Å². The first kappa shape index (κ1) is 22.3. The summed E-state index contributed by atoms with van der Waals surface area (Å²) in [4.78, 5) is 18.9. The minimum Gasteiger partial charge on any atom is -0.477 e. The van der Waals surface area contributed by atoms with Gasteiger partial charge in [-0.2, -0.15) is 0 Å². The van der Waals surface area contributed by atoms with Gasteiger partial charge in [-0.1, -0.05) is 43.0 Å². The summed E-state index contributed by atoms with van der Waals surface area (Å²) >= 11 is 0. The van der Waals surface area contributed by atoms with E-state index in [2.05, 4.69) is 29.0 Å². The topological polar surface area (TPSA) is 63.7 Å². The van der Waals surface area contributed by atoms with Gasteiger partial charge < -0.3 is 19.7 Å². The predicted octanol–water partition coefficient (Wildman–Crippen LogP) is 4.15. The van der Waals surface area contributed by atoms with Crippen molar-refractivity contribution in [3.8, 4) is 5.88 Å². The molecule has 2 aromatic rings. The van der Waals surface area contributed by atoms with Crippen LogP contribution >= 0.6 is 0 Å². The highest BCUT2D eigenvalue weighted by Crippen LogP contribution is 2.46. The number of carbonyl (C=O) groups is 1. The molecule has 1 unspecified atom stereocenters. The van der Waals surface area contributed by atoms with Crippen LogP contribution in [0.15, 0.2) is 61.3 Å². The van der Waals surface area contributed by atoms with Crippen LogP contribution < -0.4 is 10.1 Å². The van der Waals surface area contributed by atoms with Crippen molar-refractivity contribution in [1.82, 2.24) is 15.2 Å². The number of aromatic nitrogens is 1. The molecule has 1 saturated heterocycles. The highest BCUT2D eigenvalue weighted by molar-refractivity contribution is 5.69. The monoisotopic (exact) mass is 439 g/mol. The molecule has 170 valence electrons. The molecule has 0 radical (unpaired) electrons. The Morgan fingerprint density at radius 3 is 2.72 bits per heavy atom. The highest BCUT2D eigenvalue weighted by Gasteiger charge is 2.48. The van der Waals surface area contributed by atoms with Gasteiger partial charge in [0.25, 0.3) is 0 Å². The van der Waals surface area contributed by atoms with Crippen molar-refractivity contribution in [2.24, 2.45) is 5.41 Å². The number of carbonyl (C=O) groups excluding carboxylic acids is 1.